The van der Waals surface area contributed by atoms with E-state index in [-0.39, 0.29) is 11.7 Å². The van der Waals surface area contributed by atoms with Crippen LogP contribution in [0.1, 0.15) is 16.1 Å². The van der Waals surface area contributed by atoms with Crippen molar-refractivity contribution in [1.29, 1.82) is 0 Å². The summed E-state index contributed by atoms with van der Waals surface area (Å²) in [4.78, 5) is 20.6. The second-order valence-electron chi connectivity index (χ2n) is 6.87. The summed E-state index contributed by atoms with van der Waals surface area (Å²) in [6, 6.07) is 9.43. The number of halogens is 3. The summed E-state index contributed by atoms with van der Waals surface area (Å²) in [5, 5.41) is 1.39. The van der Waals surface area contributed by atoms with Crippen molar-refractivity contribution in [3.05, 3.63) is 77.4 Å². The molecule has 4 rings (SSSR count). The van der Waals surface area contributed by atoms with Crippen LogP contribution in [-0.2, 0) is 6.54 Å². The molecule has 1 amide bonds. The number of benzene rings is 2. The molecule has 2 aromatic carbocycles. The number of pyridine rings is 1. The van der Waals surface area contributed by atoms with Crippen molar-refractivity contribution in [2.75, 3.05) is 26.2 Å². The maximum Gasteiger partial charge on any atom is 0.272 e. The first kappa shape index (κ1) is 18.4. The van der Waals surface area contributed by atoms with E-state index in [4.69, 9.17) is 0 Å². The Bertz CT molecular complexity index is 1030. The highest BCUT2D eigenvalue weighted by molar-refractivity contribution is 5.96. The van der Waals surface area contributed by atoms with Gasteiger partial charge in [-0.1, -0.05) is 6.07 Å². The largest absolute Gasteiger partial charge is 0.335 e. The topological polar surface area (TPSA) is 36.4 Å². The van der Waals surface area contributed by atoms with Crippen molar-refractivity contribution in [2.24, 2.45) is 0 Å². The van der Waals surface area contributed by atoms with Crippen molar-refractivity contribution in [1.82, 2.24) is 14.8 Å². The molecule has 0 bridgehead atoms. The van der Waals surface area contributed by atoms with E-state index in [1.54, 1.807) is 17.0 Å². The first-order valence-electron chi connectivity index (χ1n) is 9.00. The fourth-order valence-electron chi connectivity index (χ4n) is 3.41. The Hall–Kier alpha value is -2.93. The molecular weight excluding hydrogens is 367 g/mol. The molecule has 0 radical (unpaired) electrons. The number of hydrogen-bond acceptors (Lipinski definition) is 3. The van der Waals surface area contributed by atoms with Gasteiger partial charge in [0.1, 0.15) is 23.1 Å². The van der Waals surface area contributed by atoms with E-state index >= 15 is 0 Å². The molecule has 0 saturated carbocycles. The van der Waals surface area contributed by atoms with Crippen LogP contribution in [0.25, 0.3) is 10.8 Å². The number of amides is 1. The Morgan fingerprint density at radius 1 is 0.893 bits per heavy atom. The maximum absolute atomic E-state index is 13.8. The van der Waals surface area contributed by atoms with Crippen molar-refractivity contribution in [2.45, 2.75) is 6.54 Å². The van der Waals surface area contributed by atoms with Gasteiger partial charge in [-0.25, -0.2) is 13.2 Å². The number of carbonyl (C=O) groups is 1. The quantitative estimate of drug-likeness (QED) is 0.691. The first-order chi connectivity index (χ1) is 13.5. The summed E-state index contributed by atoms with van der Waals surface area (Å²) < 4.78 is 40.4. The minimum atomic E-state index is -0.465. The van der Waals surface area contributed by atoms with Gasteiger partial charge >= 0.3 is 0 Å². The highest BCUT2D eigenvalue weighted by atomic mass is 19.1. The lowest BCUT2D eigenvalue weighted by Crippen LogP contribution is -2.48. The zero-order chi connectivity index (χ0) is 19.7. The lowest BCUT2D eigenvalue weighted by atomic mass is 10.1. The monoisotopic (exact) mass is 385 g/mol. The van der Waals surface area contributed by atoms with Crippen LogP contribution in [0.2, 0.25) is 0 Å². The highest BCUT2D eigenvalue weighted by Crippen LogP contribution is 2.18. The average molecular weight is 385 g/mol. The van der Waals surface area contributed by atoms with E-state index < -0.39 is 11.6 Å². The predicted molar refractivity (Wildman–Crippen MR) is 99.2 cm³/mol. The van der Waals surface area contributed by atoms with Crippen LogP contribution < -0.4 is 0 Å². The molecule has 1 saturated heterocycles. The molecule has 28 heavy (non-hydrogen) atoms. The molecular formula is C21H18F3N3O. The van der Waals surface area contributed by atoms with E-state index in [1.807, 2.05) is 4.90 Å². The zero-order valence-electron chi connectivity index (χ0n) is 15.0. The first-order valence-corrected chi connectivity index (χ1v) is 9.00. The lowest BCUT2D eigenvalue weighted by molar-refractivity contribution is 0.0621. The van der Waals surface area contributed by atoms with Crippen LogP contribution in [0.3, 0.4) is 0 Å². The number of piperazine rings is 1. The Labute approximate surface area is 160 Å². The SMILES string of the molecule is O=C(c1cc2ccc(F)cc2cn1)N1CCN(Cc2cc(F)ccc2F)CC1. The molecule has 144 valence electrons. The molecule has 0 atom stereocenters. The van der Waals surface area contributed by atoms with E-state index in [2.05, 4.69) is 4.98 Å². The van der Waals surface area contributed by atoms with Gasteiger partial charge in [0.05, 0.1) is 0 Å². The Kier molecular flexibility index (Phi) is 5.00. The Morgan fingerprint density at radius 3 is 2.39 bits per heavy atom. The normalized spacial score (nSPS) is 15.2. The van der Waals surface area contributed by atoms with Crippen LogP contribution in [0.15, 0.2) is 48.7 Å². The number of carbonyl (C=O) groups excluding carboxylic acids is 1. The standard InChI is InChI=1S/C21H18F3N3O/c22-17-2-1-14-11-20(25-12-15(14)9-17)21(28)27-7-5-26(6-8-27)13-16-10-18(23)3-4-19(16)24/h1-4,9-12H,5-8,13H2. The van der Waals surface area contributed by atoms with Crippen LogP contribution in [0.4, 0.5) is 13.2 Å². The van der Waals surface area contributed by atoms with Crippen molar-refractivity contribution >= 4 is 16.7 Å². The van der Waals surface area contributed by atoms with E-state index in [0.717, 1.165) is 17.5 Å². The minimum absolute atomic E-state index is 0.192. The average Bonchev–Trinajstić information content (AvgIpc) is 2.70. The third kappa shape index (κ3) is 3.84. The fraction of sp³-hybridized carbons (Fsp3) is 0.238. The summed E-state index contributed by atoms with van der Waals surface area (Å²) in [6.07, 6.45) is 1.49. The van der Waals surface area contributed by atoms with Crippen molar-refractivity contribution in [3.63, 3.8) is 0 Å². The van der Waals surface area contributed by atoms with Crippen LogP contribution in [0, 0.1) is 17.5 Å². The van der Waals surface area contributed by atoms with Crippen molar-refractivity contribution in [3.8, 4) is 0 Å². The predicted octanol–water partition coefficient (Wildman–Crippen LogP) is 3.61. The number of fused-ring (bicyclic) bond motifs is 1. The molecule has 7 heteroatoms. The molecule has 2 heterocycles. The van der Waals surface area contributed by atoms with Crippen molar-refractivity contribution < 1.29 is 18.0 Å². The number of hydrogen-bond donors (Lipinski definition) is 0. The Balaban J connectivity index is 1.41. The van der Waals surface area contributed by atoms with Gasteiger partial charge in [-0.3, -0.25) is 14.7 Å². The van der Waals surface area contributed by atoms with E-state index in [9.17, 15) is 18.0 Å². The molecule has 1 aliphatic rings. The summed E-state index contributed by atoms with van der Waals surface area (Å²) in [6.45, 7) is 2.35. The number of rotatable bonds is 3. The summed E-state index contributed by atoms with van der Waals surface area (Å²) >= 11 is 0. The lowest BCUT2D eigenvalue weighted by Gasteiger charge is -2.34. The molecule has 0 aliphatic carbocycles. The Morgan fingerprint density at radius 2 is 1.61 bits per heavy atom. The van der Waals surface area contributed by atoms with Gasteiger partial charge in [0.15, 0.2) is 0 Å². The second kappa shape index (κ2) is 7.59. The molecule has 4 nitrogen and oxygen atoms in total. The van der Waals surface area contributed by atoms with Gasteiger partial charge < -0.3 is 4.90 Å². The van der Waals surface area contributed by atoms with Crippen LogP contribution >= 0.6 is 0 Å². The van der Waals surface area contributed by atoms with Gasteiger partial charge in [0.2, 0.25) is 0 Å². The van der Waals surface area contributed by atoms with Crippen LogP contribution in [-0.4, -0.2) is 46.9 Å². The molecule has 1 fully saturated rings. The zero-order valence-corrected chi connectivity index (χ0v) is 15.0. The third-order valence-electron chi connectivity index (χ3n) is 4.96. The molecule has 0 spiro atoms. The second-order valence-corrected chi connectivity index (χ2v) is 6.87. The van der Waals surface area contributed by atoms with Crippen LogP contribution in [0.5, 0.6) is 0 Å². The van der Waals surface area contributed by atoms with Gasteiger partial charge in [0, 0.05) is 49.9 Å². The third-order valence-corrected chi connectivity index (χ3v) is 4.96. The van der Waals surface area contributed by atoms with Gasteiger partial charge in [-0.15, -0.1) is 0 Å². The van der Waals surface area contributed by atoms with E-state index in [0.29, 0.717) is 49.4 Å². The molecule has 0 N–H and O–H groups in total. The van der Waals surface area contributed by atoms with E-state index in [1.165, 1.54) is 24.4 Å². The fourth-order valence-corrected chi connectivity index (χ4v) is 3.41. The van der Waals surface area contributed by atoms with Gasteiger partial charge in [0.25, 0.3) is 5.91 Å². The summed E-state index contributed by atoms with van der Waals surface area (Å²) in [5.41, 5.74) is 0.618. The molecule has 1 aromatic heterocycles. The minimum Gasteiger partial charge on any atom is -0.335 e. The number of nitrogens with zero attached hydrogens (tertiary/aromatic N) is 3. The molecule has 3 aromatic rings. The van der Waals surface area contributed by atoms with Gasteiger partial charge in [-0.05, 0) is 41.8 Å². The summed E-state index contributed by atoms with van der Waals surface area (Å²) in [5.74, 6) is -1.44. The summed E-state index contributed by atoms with van der Waals surface area (Å²) in [7, 11) is 0. The molecule has 1 aliphatic heterocycles. The van der Waals surface area contributed by atoms with Gasteiger partial charge in [-0.2, -0.15) is 0 Å². The molecule has 0 unspecified atom stereocenters. The smallest absolute Gasteiger partial charge is 0.272 e. The highest BCUT2D eigenvalue weighted by Gasteiger charge is 2.23. The number of aromatic nitrogens is 1. The maximum atomic E-state index is 13.8.